The second-order valence-corrected chi connectivity index (χ2v) is 6.79. The first-order chi connectivity index (χ1) is 12.4. The second kappa shape index (κ2) is 7.18. The number of hydrogen-bond donors (Lipinski definition) is 2. The Bertz CT molecular complexity index is 800. The molecule has 1 aromatic heterocycles. The first kappa shape index (κ1) is 18.0. The summed E-state index contributed by atoms with van der Waals surface area (Å²) in [7, 11) is 0. The van der Waals surface area contributed by atoms with Gasteiger partial charge in [0.25, 0.3) is 0 Å². The minimum atomic E-state index is -1.28. The minimum Gasteiger partial charge on any atom is -0.466 e. The van der Waals surface area contributed by atoms with Crippen LogP contribution in [0.25, 0.3) is 0 Å². The molecule has 2 N–H and O–H groups in total. The predicted octanol–water partition coefficient (Wildman–Crippen LogP) is 3.61. The molecule has 3 aromatic rings. The lowest BCUT2D eigenvalue weighted by Gasteiger charge is -2.31. The molecular weight excluding hydrogens is 326 g/mol. The van der Waals surface area contributed by atoms with E-state index in [0.29, 0.717) is 5.76 Å². The number of carbonyl (C=O) groups is 1. The SMILES string of the molecule is CC(O)(CNC(=O)C(C)(c1ccccc1)c1ccccc1)c1ccco1. The third-order valence-electron chi connectivity index (χ3n) is 4.80. The standard InChI is InChI=1S/C22H23NO3/c1-21(25,19-14-9-15-26-19)16-23-20(24)22(2,17-10-5-3-6-11-17)18-12-7-4-8-13-18/h3-15,25H,16H2,1-2H3,(H,23,24). The van der Waals surface area contributed by atoms with Gasteiger partial charge in [-0.25, -0.2) is 0 Å². The Hall–Kier alpha value is -2.85. The first-order valence-electron chi connectivity index (χ1n) is 8.60. The monoisotopic (exact) mass is 349 g/mol. The van der Waals surface area contributed by atoms with Gasteiger partial charge in [-0.1, -0.05) is 60.7 Å². The highest BCUT2D eigenvalue weighted by molar-refractivity contribution is 5.91. The maximum Gasteiger partial charge on any atom is 0.234 e. The van der Waals surface area contributed by atoms with E-state index in [1.54, 1.807) is 19.1 Å². The molecule has 0 bridgehead atoms. The summed E-state index contributed by atoms with van der Waals surface area (Å²) in [6, 6.07) is 22.7. The van der Waals surface area contributed by atoms with Crippen molar-refractivity contribution in [1.29, 1.82) is 0 Å². The fraction of sp³-hybridized carbons (Fsp3) is 0.227. The quantitative estimate of drug-likeness (QED) is 0.715. The summed E-state index contributed by atoms with van der Waals surface area (Å²) in [6.45, 7) is 3.57. The highest BCUT2D eigenvalue weighted by atomic mass is 16.4. The van der Waals surface area contributed by atoms with Gasteiger partial charge in [-0.3, -0.25) is 4.79 Å². The Morgan fingerprint density at radius 1 is 0.923 bits per heavy atom. The summed E-state index contributed by atoms with van der Waals surface area (Å²) in [5.41, 5.74) is -0.377. The maximum atomic E-state index is 13.2. The Morgan fingerprint density at radius 3 is 1.92 bits per heavy atom. The average molecular weight is 349 g/mol. The van der Waals surface area contributed by atoms with Crippen LogP contribution in [0.15, 0.2) is 83.5 Å². The van der Waals surface area contributed by atoms with Crippen LogP contribution >= 0.6 is 0 Å². The number of hydrogen-bond acceptors (Lipinski definition) is 3. The number of benzene rings is 2. The van der Waals surface area contributed by atoms with Crippen LogP contribution < -0.4 is 5.32 Å². The summed E-state index contributed by atoms with van der Waals surface area (Å²) in [5.74, 6) is 0.237. The molecule has 1 atom stereocenters. The van der Waals surface area contributed by atoms with Crippen LogP contribution in [0, 0.1) is 0 Å². The van der Waals surface area contributed by atoms with Crippen LogP contribution in [0.2, 0.25) is 0 Å². The molecule has 1 amide bonds. The minimum absolute atomic E-state index is 0.0502. The van der Waals surface area contributed by atoms with E-state index in [2.05, 4.69) is 5.32 Å². The molecule has 26 heavy (non-hydrogen) atoms. The van der Waals surface area contributed by atoms with E-state index in [4.69, 9.17) is 4.42 Å². The van der Waals surface area contributed by atoms with Gasteiger partial charge in [-0.05, 0) is 37.1 Å². The third kappa shape index (κ3) is 3.41. The van der Waals surface area contributed by atoms with Crippen LogP contribution in [0.4, 0.5) is 0 Å². The van der Waals surface area contributed by atoms with E-state index < -0.39 is 11.0 Å². The van der Waals surface area contributed by atoms with Crippen molar-refractivity contribution >= 4 is 5.91 Å². The molecule has 3 rings (SSSR count). The normalized spacial score (nSPS) is 13.8. The van der Waals surface area contributed by atoms with Gasteiger partial charge < -0.3 is 14.8 Å². The van der Waals surface area contributed by atoms with Crippen LogP contribution in [0.5, 0.6) is 0 Å². The van der Waals surface area contributed by atoms with E-state index in [1.807, 2.05) is 67.6 Å². The number of amides is 1. The highest BCUT2D eigenvalue weighted by Crippen LogP contribution is 2.32. The fourth-order valence-corrected chi connectivity index (χ4v) is 3.07. The third-order valence-corrected chi connectivity index (χ3v) is 4.80. The zero-order valence-electron chi connectivity index (χ0n) is 15.0. The number of furan rings is 1. The van der Waals surface area contributed by atoms with Crippen molar-refractivity contribution in [2.45, 2.75) is 24.9 Å². The predicted molar refractivity (Wildman–Crippen MR) is 101 cm³/mol. The largest absolute Gasteiger partial charge is 0.466 e. The fourth-order valence-electron chi connectivity index (χ4n) is 3.07. The molecule has 0 aliphatic carbocycles. The molecule has 4 heteroatoms. The van der Waals surface area contributed by atoms with Crippen LogP contribution in [-0.4, -0.2) is 17.6 Å². The Balaban J connectivity index is 1.89. The van der Waals surface area contributed by atoms with Gasteiger partial charge in [0.2, 0.25) is 5.91 Å². The molecule has 4 nitrogen and oxygen atoms in total. The van der Waals surface area contributed by atoms with Crippen molar-refractivity contribution in [3.05, 3.63) is 95.9 Å². The summed E-state index contributed by atoms with van der Waals surface area (Å²) in [5, 5.41) is 13.5. The van der Waals surface area contributed by atoms with Crippen LogP contribution in [0.1, 0.15) is 30.7 Å². The zero-order chi connectivity index (χ0) is 18.6. The van der Waals surface area contributed by atoms with Crippen molar-refractivity contribution in [3.8, 4) is 0 Å². The maximum absolute atomic E-state index is 13.2. The number of carbonyl (C=O) groups excluding carboxylic acids is 1. The first-order valence-corrected chi connectivity index (χ1v) is 8.60. The summed E-state index contributed by atoms with van der Waals surface area (Å²) in [6.07, 6.45) is 1.50. The van der Waals surface area contributed by atoms with E-state index in [1.165, 1.54) is 6.26 Å². The lowest BCUT2D eigenvalue weighted by atomic mass is 9.75. The number of rotatable bonds is 6. The van der Waals surface area contributed by atoms with E-state index >= 15 is 0 Å². The van der Waals surface area contributed by atoms with Gasteiger partial charge in [0.15, 0.2) is 0 Å². The molecule has 0 fully saturated rings. The molecule has 1 heterocycles. The molecular formula is C22H23NO3. The van der Waals surface area contributed by atoms with Crippen molar-refractivity contribution in [1.82, 2.24) is 5.32 Å². The Kier molecular flexibility index (Phi) is 4.96. The molecule has 0 aliphatic heterocycles. The van der Waals surface area contributed by atoms with E-state index in [9.17, 15) is 9.90 Å². The number of aliphatic hydroxyl groups is 1. The van der Waals surface area contributed by atoms with Gasteiger partial charge in [0.05, 0.1) is 18.2 Å². The molecule has 0 radical (unpaired) electrons. The van der Waals surface area contributed by atoms with E-state index in [0.717, 1.165) is 11.1 Å². The number of nitrogens with one attached hydrogen (secondary N) is 1. The molecule has 2 aromatic carbocycles. The average Bonchev–Trinajstić information content (AvgIpc) is 3.23. The van der Waals surface area contributed by atoms with Crippen molar-refractivity contribution in [3.63, 3.8) is 0 Å². The second-order valence-electron chi connectivity index (χ2n) is 6.79. The topological polar surface area (TPSA) is 62.5 Å². The smallest absolute Gasteiger partial charge is 0.234 e. The Morgan fingerprint density at radius 2 is 1.46 bits per heavy atom. The van der Waals surface area contributed by atoms with Gasteiger partial charge in [0, 0.05) is 0 Å². The lowest BCUT2D eigenvalue weighted by Crippen LogP contribution is -2.47. The van der Waals surface area contributed by atoms with Crippen LogP contribution in [0.3, 0.4) is 0 Å². The molecule has 1 unspecified atom stereocenters. The van der Waals surface area contributed by atoms with Gasteiger partial charge in [-0.2, -0.15) is 0 Å². The molecule has 0 spiro atoms. The van der Waals surface area contributed by atoms with Crippen molar-refractivity contribution in [2.75, 3.05) is 6.54 Å². The molecule has 0 saturated carbocycles. The molecule has 0 saturated heterocycles. The van der Waals surface area contributed by atoms with Crippen LogP contribution in [-0.2, 0) is 15.8 Å². The Labute approximate surface area is 153 Å². The summed E-state index contributed by atoms with van der Waals surface area (Å²) in [4.78, 5) is 13.2. The van der Waals surface area contributed by atoms with Gasteiger partial charge in [-0.15, -0.1) is 0 Å². The summed E-state index contributed by atoms with van der Waals surface area (Å²) < 4.78 is 5.28. The van der Waals surface area contributed by atoms with Crippen molar-refractivity contribution in [2.24, 2.45) is 0 Å². The van der Waals surface area contributed by atoms with Gasteiger partial charge >= 0.3 is 0 Å². The van der Waals surface area contributed by atoms with E-state index in [-0.39, 0.29) is 12.5 Å². The van der Waals surface area contributed by atoms with Gasteiger partial charge in [0.1, 0.15) is 11.4 Å². The molecule has 134 valence electrons. The highest BCUT2D eigenvalue weighted by Gasteiger charge is 2.38. The zero-order valence-corrected chi connectivity index (χ0v) is 15.0. The lowest BCUT2D eigenvalue weighted by molar-refractivity contribution is -0.126. The molecule has 0 aliphatic rings. The summed E-state index contributed by atoms with van der Waals surface area (Å²) >= 11 is 0. The van der Waals surface area contributed by atoms with Crippen molar-refractivity contribution < 1.29 is 14.3 Å².